The molecule has 0 radical (unpaired) electrons. The van der Waals surface area contributed by atoms with Gasteiger partial charge >= 0.3 is 0 Å². The smallest absolute Gasteiger partial charge is 0.262 e. The van der Waals surface area contributed by atoms with Gasteiger partial charge in [0, 0.05) is 6.07 Å². The highest BCUT2D eigenvalue weighted by atomic mass is 19.1. The van der Waals surface area contributed by atoms with E-state index in [4.69, 9.17) is 10.00 Å². The molecule has 0 aliphatic rings. The number of ether oxygens (including phenoxy) is 1. The third-order valence-electron chi connectivity index (χ3n) is 2.78. The predicted octanol–water partition coefficient (Wildman–Crippen LogP) is 3.05. The predicted molar refractivity (Wildman–Crippen MR) is 76.2 cm³/mol. The van der Waals surface area contributed by atoms with Gasteiger partial charge in [0.1, 0.15) is 17.4 Å². The first kappa shape index (κ1) is 15.4. The summed E-state index contributed by atoms with van der Waals surface area (Å²) in [5, 5.41) is 10.8. The third-order valence-corrected chi connectivity index (χ3v) is 2.78. The van der Waals surface area contributed by atoms with Crippen LogP contribution in [-0.4, -0.2) is 12.5 Å². The quantitative estimate of drug-likeness (QED) is 0.923. The van der Waals surface area contributed by atoms with E-state index < -0.39 is 17.5 Å². The van der Waals surface area contributed by atoms with E-state index in [9.17, 15) is 13.6 Å². The summed E-state index contributed by atoms with van der Waals surface area (Å²) in [7, 11) is 0. The maximum absolute atomic E-state index is 13.4. The molecule has 1 amide bonds. The van der Waals surface area contributed by atoms with Crippen LogP contribution in [0.1, 0.15) is 5.56 Å². The SMILES string of the molecule is N#CCc1ccc(OCC(=O)Nc2cc(F)ccc2F)cc1. The van der Waals surface area contributed by atoms with Crippen molar-refractivity contribution in [1.29, 1.82) is 5.26 Å². The van der Waals surface area contributed by atoms with Crippen molar-refractivity contribution < 1.29 is 18.3 Å². The molecule has 4 nitrogen and oxygen atoms in total. The number of rotatable bonds is 5. The maximum atomic E-state index is 13.4. The second kappa shape index (κ2) is 7.18. The van der Waals surface area contributed by atoms with E-state index >= 15 is 0 Å². The molecular weight excluding hydrogens is 290 g/mol. The first-order valence-corrected chi connectivity index (χ1v) is 6.42. The van der Waals surface area contributed by atoms with Gasteiger partial charge in [-0.15, -0.1) is 0 Å². The Labute approximate surface area is 125 Å². The highest BCUT2D eigenvalue weighted by Crippen LogP contribution is 2.16. The van der Waals surface area contributed by atoms with Gasteiger partial charge in [-0.3, -0.25) is 4.79 Å². The Morgan fingerprint density at radius 1 is 1.18 bits per heavy atom. The number of nitrogens with zero attached hydrogens (tertiary/aromatic N) is 1. The van der Waals surface area contributed by atoms with Gasteiger partial charge in [-0.2, -0.15) is 5.26 Å². The molecule has 0 atom stereocenters. The summed E-state index contributed by atoms with van der Waals surface area (Å²) >= 11 is 0. The molecule has 0 spiro atoms. The number of amides is 1. The number of carbonyl (C=O) groups is 1. The minimum Gasteiger partial charge on any atom is -0.484 e. The molecule has 22 heavy (non-hydrogen) atoms. The highest BCUT2D eigenvalue weighted by molar-refractivity contribution is 5.91. The van der Waals surface area contributed by atoms with E-state index in [1.165, 1.54) is 0 Å². The highest BCUT2D eigenvalue weighted by Gasteiger charge is 2.09. The van der Waals surface area contributed by atoms with E-state index in [1.807, 2.05) is 6.07 Å². The Morgan fingerprint density at radius 2 is 1.91 bits per heavy atom. The normalized spacial score (nSPS) is 9.86. The minimum atomic E-state index is -0.726. The first-order chi connectivity index (χ1) is 10.6. The Balaban J connectivity index is 1.90. The molecule has 0 aliphatic carbocycles. The van der Waals surface area contributed by atoms with Crippen molar-refractivity contribution in [3.63, 3.8) is 0 Å². The van der Waals surface area contributed by atoms with Crippen LogP contribution in [0.4, 0.5) is 14.5 Å². The van der Waals surface area contributed by atoms with Crippen LogP contribution in [0.15, 0.2) is 42.5 Å². The number of hydrogen-bond acceptors (Lipinski definition) is 3. The van der Waals surface area contributed by atoms with Gasteiger partial charge < -0.3 is 10.1 Å². The summed E-state index contributed by atoms with van der Waals surface area (Å²) in [5.41, 5.74) is 0.596. The monoisotopic (exact) mass is 302 g/mol. The molecule has 0 fully saturated rings. The van der Waals surface area contributed by atoms with Crippen molar-refractivity contribution in [2.45, 2.75) is 6.42 Å². The topological polar surface area (TPSA) is 62.1 Å². The number of anilines is 1. The number of nitriles is 1. The molecule has 6 heteroatoms. The molecule has 0 aromatic heterocycles. The molecule has 2 rings (SSSR count). The summed E-state index contributed by atoms with van der Waals surface area (Å²) < 4.78 is 31.6. The summed E-state index contributed by atoms with van der Waals surface area (Å²) in [6.07, 6.45) is 0.291. The molecule has 112 valence electrons. The average Bonchev–Trinajstić information content (AvgIpc) is 2.51. The lowest BCUT2D eigenvalue weighted by Crippen LogP contribution is -2.20. The average molecular weight is 302 g/mol. The van der Waals surface area contributed by atoms with Crippen LogP contribution < -0.4 is 10.1 Å². The van der Waals surface area contributed by atoms with Crippen molar-refractivity contribution in [2.75, 3.05) is 11.9 Å². The van der Waals surface area contributed by atoms with E-state index in [2.05, 4.69) is 5.32 Å². The Morgan fingerprint density at radius 3 is 2.59 bits per heavy atom. The number of nitrogens with one attached hydrogen (secondary N) is 1. The lowest BCUT2D eigenvalue weighted by molar-refractivity contribution is -0.118. The molecule has 0 unspecified atom stereocenters. The minimum absolute atomic E-state index is 0.238. The molecule has 0 aliphatic heterocycles. The second-order valence-corrected chi connectivity index (χ2v) is 4.44. The zero-order chi connectivity index (χ0) is 15.9. The fourth-order valence-corrected chi connectivity index (χ4v) is 1.72. The standard InChI is InChI=1S/C16H12F2N2O2/c17-12-3-6-14(18)15(9-12)20-16(21)10-22-13-4-1-11(2-5-13)7-8-19/h1-6,9H,7,10H2,(H,20,21). The number of halogens is 2. The van der Waals surface area contributed by atoms with Gasteiger partial charge in [0.2, 0.25) is 0 Å². The first-order valence-electron chi connectivity index (χ1n) is 6.42. The van der Waals surface area contributed by atoms with Crippen molar-refractivity contribution in [3.8, 4) is 11.8 Å². The van der Waals surface area contributed by atoms with Gasteiger partial charge in [0.15, 0.2) is 6.61 Å². The van der Waals surface area contributed by atoms with E-state index in [0.717, 1.165) is 23.8 Å². The van der Waals surface area contributed by atoms with Crippen molar-refractivity contribution >= 4 is 11.6 Å². The van der Waals surface area contributed by atoms with Crippen molar-refractivity contribution in [2.24, 2.45) is 0 Å². The maximum Gasteiger partial charge on any atom is 0.262 e. The van der Waals surface area contributed by atoms with Gasteiger partial charge in [-0.25, -0.2) is 8.78 Å². The number of carbonyl (C=O) groups excluding carboxylic acids is 1. The Kier molecular flexibility index (Phi) is 5.04. The van der Waals surface area contributed by atoms with Gasteiger partial charge in [-0.1, -0.05) is 12.1 Å². The Hall–Kier alpha value is -2.94. The molecule has 2 aromatic rings. The second-order valence-electron chi connectivity index (χ2n) is 4.44. The van der Waals surface area contributed by atoms with Crippen LogP contribution in [0, 0.1) is 23.0 Å². The zero-order valence-corrected chi connectivity index (χ0v) is 11.5. The zero-order valence-electron chi connectivity index (χ0n) is 11.5. The molecule has 2 aromatic carbocycles. The lowest BCUT2D eigenvalue weighted by Gasteiger charge is -2.08. The van der Waals surface area contributed by atoms with Crippen molar-refractivity contribution in [1.82, 2.24) is 0 Å². The van der Waals surface area contributed by atoms with Gasteiger partial charge in [0.25, 0.3) is 5.91 Å². The molecule has 0 saturated carbocycles. The summed E-state index contributed by atoms with van der Waals surface area (Å²) in [6, 6.07) is 11.5. The van der Waals surface area contributed by atoms with Crippen LogP contribution in [0.2, 0.25) is 0 Å². The lowest BCUT2D eigenvalue weighted by atomic mass is 10.2. The third kappa shape index (κ3) is 4.28. The molecular formula is C16H12F2N2O2. The van der Waals surface area contributed by atoms with Crippen LogP contribution in [-0.2, 0) is 11.2 Å². The van der Waals surface area contributed by atoms with E-state index in [1.54, 1.807) is 24.3 Å². The molecule has 0 heterocycles. The fourth-order valence-electron chi connectivity index (χ4n) is 1.72. The van der Waals surface area contributed by atoms with E-state index in [-0.39, 0.29) is 12.3 Å². The Bertz CT molecular complexity index is 709. The molecule has 0 saturated heterocycles. The largest absolute Gasteiger partial charge is 0.484 e. The number of benzene rings is 2. The molecule has 1 N–H and O–H groups in total. The summed E-state index contributed by atoms with van der Waals surface area (Å²) in [6.45, 7) is -0.340. The van der Waals surface area contributed by atoms with Crippen molar-refractivity contribution in [3.05, 3.63) is 59.7 Å². The summed E-state index contributed by atoms with van der Waals surface area (Å²) in [5.74, 6) is -1.54. The van der Waals surface area contributed by atoms with Gasteiger partial charge in [0.05, 0.1) is 18.2 Å². The molecule has 0 bridgehead atoms. The fraction of sp³-hybridized carbons (Fsp3) is 0.125. The van der Waals surface area contributed by atoms with Crippen LogP contribution >= 0.6 is 0 Å². The van der Waals surface area contributed by atoms with E-state index in [0.29, 0.717) is 12.2 Å². The number of hydrogen-bond donors (Lipinski definition) is 1. The van der Waals surface area contributed by atoms with Crippen LogP contribution in [0.25, 0.3) is 0 Å². The van der Waals surface area contributed by atoms with Crippen LogP contribution in [0.3, 0.4) is 0 Å². The summed E-state index contributed by atoms with van der Waals surface area (Å²) in [4.78, 5) is 11.7. The van der Waals surface area contributed by atoms with Gasteiger partial charge in [-0.05, 0) is 29.8 Å². The van der Waals surface area contributed by atoms with Crippen LogP contribution in [0.5, 0.6) is 5.75 Å².